The summed E-state index contributed by atoms with van der Waals surface area (Å²) in [6.07, 6.45) is 6.85. The second-order valence-corrected chi connectivity index (χ2v) is 7.64. The number of benzene rings is 1. The van der Waals surface area contributed by atoms with E-state index in [4.69, 9.17) is 4.74 Å². The molecule has 0 bridgehead atoms. The smallest absolute Gasteiger partial charge is 0.101 e. The fraction of sp³-hybridized carbons (Fsp3) is 0.647. The molecule has 2 rings (SSSR count). The van der Waals surface area contributed by atoms with Gasteiger partial charge in [-0.15, -0.1) is 0 Å². The first kappa shape index (κ1) is 16.8. The van der Waals surface area contributed by atoms with Gasteiger partial charge in [-0.3, -0.25) is 0 Å². The molecule has 0 amide bonds. The van der Waals surface area contributed by atoms with Crippen molar-refractivity contribution in [1.82, 2.24) is 0 Å². The second kappa shape index (κ2) is 7.59. The van der Waals surface area contributed by atoms with E-state index in [1.54, 1.807) is 0 Å². The number of ether oxygens (including phenoxy) is 1. The monoisotopic (exact) mass is 450 g/mol. The molecule has 1 fully saturated rings. The van der Waals surface area contributed by atoms with Crippen molar-refractivity contribution in [3.05, 3.63) is 34.3 Å². The molecule has 1 aliphatic rings. The van der Waals surface area contributed by atoms with Crippen molar-refractivity contribution in [2.45, 2.75) is 57.7 Å². The highest BCUT2D eigenvalue weighted by Gasteiger charge is 2.33. The average Bonchev–Trinajstić information content (AvgIpc) is 2.47. The molecule has 1 aromatic rings. The molecule has 1 aromatic carbocycles. The first-order valence-corrected chi connectivity index (χ1v) is 9.89. The summed E-state index contributed by atoms with van der Waals surface area (Å²) < 4.78 is 8.72. The highest BCUT2D eigenvalue weighted by molar-refractivity contribution is 14.1. The first-order valence-electron chi connectivity index (χ1n) is 7.58. The second-order valence-electron chi connectivity index (χ2n) is 6.03. The minimum Gasteiger partial charge on any atom is -0.367 e. The van der Waals surface area contributed by atoms with Crippen LogP contribution in [0.2, 0.25) is 0 Å². The molecule has 3 atom stereocenters. The maximum atomic E-state index is 6.59. The Hall–Kier alpha value is 0.390. The summed E-state index contributed by atoms with van der Waals surface area (Å²) in [6, 6.07) is 8.46. The van der Waals surface area contributed by atoms with E-state index in [0.29, 0.717) is 6.10 Å². The molecule has 0 spiro atoms. The van der Waals surface area contributed by atoms with Crippen LogP contribution in [-0.2, 0) is 10.3 Å². The maximum Gasteiger partial charge on any atom is 0.101 e. The van der Waals surface area contributed by atoms with Gasteiger partial charge >= 0.3 is 0 Å². The van der Waals surface area contributed by atoms with E-state index in [2.05, 4.69) is 76.6 Å². The van der Waals surface area contributed by atoms with Crippen LogP contribution in [-0.4, -0.2) is 10.5 Å². The van der Waals surface area contributed by atoms with Crippen molar-refractivity contribution in [2.24, 2.45) is 5.92 Å². The third-order valence-electron chi connectivity index (χ3n) is 4.44. The molecule has 0 aromatic heterocycles. The van der Waals surface area contributed by atoms with Gasteiger partial charge in [0, 0.05) is 8.90 Å². The summed E-state index contributed by atoms with van der Waals surface area (Å²) in [5, 5.41) is 0. The van der Waals surface area contributed by atoms with Crippen LogP contribution in [0.3, 0.4) is 0 Å². The predicted molar refractivity (Wildman–Crippen MR) is 97.5 cm³/mol. The Balaban J connectivity index is 2.13. The Morgan fingerprint density at radius 1 is 1.35 bits per heavy atom. The minimum absolute atomic E-state index is 0.194. The van der Waals surface area contributed by atoms with E-state index < -0.39 is 0 Å². The molecule has 3 heteroatoms. The van der Waals surface area contributed by atoms with Crippen molar-refractivity contribution in [2.75, 3.05) is 4.43 Å². The van der Waals surface area contributed by atoms with Gasteiger partial charge in [-0.25, -0.2) is 0 Å². The highest BCUT2D eigenvalue weighted by Crippen LogP contribution is 2.38. The fourth-order valence-electron chi connectivity index (χ4n) is 3.14. The minimum atomic E-state index is -0.194. The molecule has 112 valence electrons. The lowest BCUT2D eigenvalue weighted by Crippen LogP contribution is -2.35. The van der Waals surface area contributed by atoms with Crippen LogP contribution < -0.4 is 0 Å². The number of halogens is 2. The Morgan fingerprint density at radius 3 is 2.75 bits per heavy atom. The van der Waals surface area contributed by atoms with Gasteiger partial charge in [0.05, 0.1) is 6.10 Å². The summed E-state index contributed by atoms with van der Waals surface area (Å²) >= 11 is 6.13. The van der Waals surface area contributed by atoms with Crippen LogP contribution in [0.15, 0.2) is 28.7 Å². The van der Waals surface area contributed by atoms with Crippen molar-refractivity contribution < 1.29 is 4.74 Å². The lowest BCUT2D eigenvalue weighted by Gasteiger charge is -2.37. The molecule has 1 aliphatic carbocycles. The maximum absolute atomic E-state index is 6.59. The number of hydrogen-bond donors (Lipinski definition) is 0. The van der Waals surface area contributed by atoms with Crippen LogP contribution >= 0.6 is 38.5 Å². The van der Waals surface area contributed by atoms with Crippen LogP contribution in [0.25, 0.3) is 0 Å². The largest absolute Gasteiger partial charge is 0.367 e. The van der Waals surface area contributed by atoms with E-state index in [0.717, 1.165) is 14.8 Å². The van der Waals surface area contributed by atoms with Crippen LogP contribution in [0, 0.1) is 5.92 Å². The molecule has 0 N–H and O–H groups in total. The molecule has 1 saturated carbocycles. The van der Waals surface area contributed by atoms with Gasteiger partial charge in [-0.1, -0.05) is 82.9 Å². The number of hydrogen-bond acceptors (Lipinski definition) is 1. The zero-order valence-corrected chi connectivity index (χ0v) is 16.1. The van der Waals surface area contributed by atoms with Gasteiger partial charge in [-0.2, -0.15) is 0 Å². The van der Waals surface area contributed by atoms with Crippen LogP contribution in [0.1, 0.15) is 51.5 Å². The summed E-state index contributed by atoms with van der Waals surface area (Å²) in [4.78, 5) is 0. The van der Waals surface area contributed by atoms with Crippen molar-refractivity contribution >= 4 is 38.5 Å². The number of rotatable bonds is 5. The SMILES string of the molecule is CCC1CCCC(OC(C)(CI)c2ccccc2Br)C1. The number of alkyl halides is 1. The van der Waals surface area contributed by atoms with Crippen LogP contribution in [0.4, 0.5) is 0 Å². The average molecular weight is 451 g/mol. The molecule has 0 heterocycles. The van der Waals surface area contributed by atoms with Gasteiger partial charge in [0.1, 0.15) is 5.60 Å². The van der Waals surface area contributed by atoms with Crippen LogP contribution in [0.5, 0.6) is 0 Å². The van der Waals surface area contributed by atoms with E-state index >= 15 is 0 Å². The van der Waals surface area contributed by atoms with Crippen molar-refractivity contribution in [3.8, 4) is 0 Å². The summed E-state index contributed by atoms with van der Waals surface area (Å²) in [5.74, 6) is 0.853. The van der Waals surface area contributed by atoms with Gasteiger partial charge in [0.25, 0.3) is 0 Å². The molecule has 1 nitrogen and oxygen atoms in total. The Bertz CT molecular complexity index is 437. The topological polar surface area (TPSA) is 9.23 Å². The third kappa shape index (κ3) is 3.98. The Kier molecular flexibility index (Phi) is 6.36. The molecule has 3 unspecified atom stereocenters. The van der Waals surface area contributed by atoms with E-state index in [1.165, 1.54) is 37.7 Å². The van der Waals surface area contributed by atoms with Gasteiger partial charge < -0.3 is 4.74 Å². The van der Waals surface area contributed by atoms with Crippen molar-refractivity contribution in [1.29, 1.82) is 0 Å². The highest BCUT2D eigenvalue weighted by atomic mass is 127. The lowest BCUT2D eigenvalue weighted by atomic mass is 9.85. The standard InChI is InChI=1S/C17H24BrIO/c1-3-13-7-6-8-14(11-13)20-17(2,12-19)15-9-4-5-10-16(15)18/h4-5,9-10,13-14H,3,6-8,11-12H2,1-2H3. The Labute approximate surface area is 145 Å². The Morgan fingerprint density at radius 2 is 2.10 bits per heavy atom. The molecule has 0 aliphatic heterocycles. The predicted octanol–water partition coefficient (Wildman–Crippen LogP) is 6.08. The normalized spacial score (nSPS) is 26.2. The quantitative estimate of drug-likeness (QED) is 0.389. The van der Waals surface area contributed by atoms with E-state index in [1.807, 2.05) is 0 Å². The summed E-state index contributed by atoms with van der Waals surface area (Å²) in [5.41, 5.74) is 1.08. The molecule has 0 saturated heterocycles. The van der Waals surface area contributed by atoms with E-state index in [9.17, 15) is 0 Å². The van der Waals surface area contributed by atoms with Gasteiger partial charge in [0.2, 0.25) is 0 Å². The first-order chi connectivity index (χ1) is 9.59. The molecular formula is C17H24BrIO. The molecule has 20 heavy (non-hydrogen) atoms. The van der Waals surface area contributed by atoms with E-state index in [-0.39, 0.29) is 5.60 Å². The molecule has 0 radical (unpaired) electrons. The zero-order chi connectivity index (χ0) is 14.6. The lowest BCUT2D eigenvalue weighted by molar-refractivity contribution is -0.0923. The van der Waals surface area contributed by atoms with Crippen molar-refractivity contribution in [3.63, 3.8) is 0 Å². The van der Waals surface area contributed by atoms with Gasteiger partial charge in [-0.05, 0) is 37.3 Å². The summed E-state index contributed by atoms with van der Waals surface area (Å²) in [7, 11) is 0. The van der Waals surface area contributed by atoms with Gasteiger partial charge in [0.15, 0.2) is 0 Å². The third-order valence-corrected chi connectivity index (χ3v) is 6.58. The zero-order valence-electron chi connectivity index (χ0n) is 12.4. The summed E-state index contributed by atoms with van der Waals surface area (Å²) in [6.45, 7) is 4.54. The molecular weight excluding hydrogens is 427 g/mol. The fourth-order valence-corrected chi connectivity index (χ4v) is 4.44.